The van der Waals surface area contributed by atoms with E-state index in [0.29, 0.717) is 12.3 Å². The van der Waals surface area contributed by atoms with Crippen LogP contribution >= 0.6 is 0 Å². The van der Waals surface area contributed by atoms with E-state index in [4.69, 9.17) is 4.42 Å². The van der Waals surface area contributed by atoms with E-state index in [2.05, 4.69) is 10.3 Å². The summed E-state index contributed by atoms with van der Waals surface area (Å²) in [4.78, 5) is 32.5. The van der Waals surface area contributed by atoms with Crippen LogP contribution in [-0.2, 0) is 22.6 Å². The Balaban J connectivity index is 1.47. The van der Waals surface area contributed by atoms with Crippen molar-refractivity contribution >= 4 is 22.7 Å². The maximum absolute atomic E-state index is 13.9. The Bertz CT molecular complexity index is 1260. The van der Waals surface area contributed by atoms with Crippen molar-refractivity contribution in [2.75, 3.05) is 0 Å². The number of carbonyl (C=O) groups is 2. The molecule has 0 unspecified atom stereocenters. The Morgan fingerprint density at radius 3 is 2.51 bits per heavy atom. The van der Waals surface area contributed by atoms with Gasteiger partial charge in [-0.1, -0.05) is 67.8 Å². The Morgan fingerprint density at radius 1 is 0.971 bits per heavy atom. The van der Waals surface area contributed by atoms with Gasteiger partial charge in [-0.15, -0.1) is 0 Å². The Labute approximate surface area is 205 Å². The number of carbonyl (C=O) groups excluding carboxylic acids is 2. The zero-order valence-corrected chi connectivity index (χ0v) is 19.8. The summed E-state index contributed by atoms with van der Waals surface area (Å²) in [7, 11) is 0. The summed E-state index contributed by atoms with van der Waals surface area (Å²) in [6.07, 6.45) is 9.00. The van der Waals surface area contributed by atoms with Crippen molar-refractivity contribution in [3.63, 3.8) is 0 Å². The van der Waals surface area contributed by atoms with E-state index in [0.717, 1.165) is 47.7 Å². The third-order valence-corrected chi connectivity index (χ3v) is 6.86. The molecule has 180 valence electrons. The number of aromatic nitrogens is 1. The van der Waals surface area contributed by atoms with Gasteiger partial charge >= 0.3 is 0 Å². The van der Waals surface area contributed by atoms with Gasteiger partial charge in [-0.25, -0.2) is 0 Å². The predicted molar refractivity (Wildman–Crippen MR) is 135 cm³/mol. The summed E-state index contributed by atoms with van der Waals surface area (Å²) in [5.41, 5.74) is 2.86. The van der Waals surface area contributed by atoms with E-state index in [9.17, 15) is 9.59 Å². The maximum Gasteiger partial charge on any atom is 0.250 e. The second-order valence-electron chi connectivity index (χ2n) is 9.30. The number of rotatable bonds is 8. The topological polar surface area (TPSA) is 78.3 Å². The predicted octanol–water partition coefficient (Wildman–Crippen LogP) is 5.52. The van der Waals surface area contributed by atoms with Gasteiger partial charge in [-0.05, 0) is 42.2 Å². The molecule has 35 heavy (non-hydrogen) atoms. The highest BCUT2D eigenvalue weighted by molar-refractivity contribution is 5.92. The van der Waals surface area contributed by atoms with Crippen molar-refractivity contribution in [2.45, 2.75) is 57.2 Å². The molecule has 0 aliphatic heterocycles. The molecule has 1 fully saturated rings. The largest absolute Gasteiger partial charge is 0.467 e. The van der Waals surface area contributed by atoms with Gasteiger partial charge in [0.2, 0.25) is 5.91 Å². The lowest BCUT2D eigenvalue weighted by molar-refractivity contribution is -0.142. The molecule has 0 spiro atoms. The number of furan rings is 1. The van der Waals surface area contributed by atoms with Crippen molar-refractivity contribution in [3.05, 3.63) is 96.1 Å². The first-order valence-electron chi connectivity index (χ1n) is 12.4. The smallest absolute Gasteiger partial charge is 0.250 e. The molecule has 2 amide bonds. The summed E-state index contributed by atoms with van der Waals surface area (Å²) in [6, 6.07) is 20.6. The Kier molecular flexibility index (Phi) is 6.98. The van der Waals surface area contributed by atoms with Gasteiger partial charge in [-0.2, -0.15) is 0 Å². The molecular formula is C29H31N3O3. The number of amides is 2. The number of nitrogens with zero attached hydrogens (tertiary/aromatic N) is 1. The number of hydrogen-bond donors (Lipinski definition) is 2. The molecule has 4 aromatic rings. The molecule has 5 rings (SSSR count). The molecule has 1 atom stereocenters. The molecule has 2 N–H and O–H groups in total. The maximum atomic E-state index is 13.9. The van der Waals surface area contributed by atoms with Crippen LogP contribution in [-0.4, -0.2) is 27.7 Å². The molecule has 1 aliphatic rings. The highest BCUT2D eigenvalue weighted by atomic mass is 16.3. The monoisotopic (exact) mass is 469 g/mol. The second kappa shape index (κ2) is 10.6. The average molecular weight is 470 g/mol. The number of para-hydroxylation sites is 1. The quantitative estimate of drug-likeness (QED) is 0.357. The molecule has 2 heterocycles. The fourth-order valence-corrected chi connectivity index (χ4v) is 5.04. The van der Waals surface area contributed by atoms with Gasteiger partial charge in [0.05, 0.1) is 12.7 Å². The van der Waals surface area contributed by atoms with Crippen LogP contribution in [0, 0.1) is 0 Å². The van der Waals surface area contributed by atoms with E-state index in [-0.39, 0.29) is 24.3 Å². The van der Waals surface area contributed by atoms with E-state index in [1.807, 2.05) is 60.8 Å². The highest BCUT2D eigenvalue weighted by Crippen LogP contribution is 2.28. The molecule has 2 aromatic carbocycles. The van der Waals surface area contributed by atoms with Gasteiger partial charge in [-0.3, -0.25) is 9.59 Å². The summed E-state index contributed by atoms with van der Waals surface area (Å²) in [5.74, 6) is 0.162. The number of fused-ring (bicyclic) bond motifs is 1. The highest BCUT2D eigenvalue weighted by Gasteiger charge is 2.35. The summed E-state index contributed by atoms with van der Waals surface area (Å²) in [6.45, 7) is 0.311. The molecule has 6 nitrogen and oxygen atoms in total. The molecule has 2 aromatic heterocycles. The van der Waals surface area contributed by atoms with Gasteiger partial charge in [0.15, 0.2) is 6.04 Å². The SMILES string of the molecule is O=C(NC1CCCCC1)[C@@H](c1ccco1)N(Cc1ccccc1)C(=O)Cc1c[nH]c2ccccc12. The van der Waals surface area contributed by atoms with E-state index in [1.165, 1.54) is 6.42 Å². The molecule has 0 radical (unpaired) electrons. The van der Waals surface area contributed by atoms with Crippen LogP contribution in [0.1, 0.15) is 55.0 Å². The van der Waals surface area contributed by atoms with Crippen LogP contribution < -0.4 is 5.32 Å². The number of hydrogen-bond acceptors (Lipinski definition) is 3. The first kappa shape index (κ1) is 23.0. The van der Waals surface area contributed by atoms with Gasteiger partial charge < -0.3 is 19.6 Å². The zero-order valence-electron chi connectivity index (χ0n) is 19.8. The lowest BCUT2D eigenvalue weighted by Crippen LogP contribution is -2.47. The lowest BCUT2D eigenvalue weighted by atomic mass is 9.95. The van der Waals surface area contributed by atoms with E-state index in [1.54, 1.807) is 23.3 Å². The molecular weight excluding hydrogens is 438 g/mol. The molecule has 0 saturated heterocycles. The van der Waals surface area contributed by atoms with Crippen LogP contribution in [0.15, 0.2) is 83.6 Å². The van der Waals surface area contributed by atoms with Crippen molar-refractivity contribution in [1.82, 2.24) is 15.2 Å². The molecule has 1 aliphatic carbocycles. The Morgan fingerprint density at radius 2 is 1.74 bits per heavy atom. The minimum Gasteiger partial charge on any atom is -0.467 e. The standard InChI is InChI=1S/C29H31N3O3/c33-27(18-22-19-30-25-15-8-7-14-24(22)25)32(20-21-10-3-1-4-11-21)28(26-16-9-17-35-26)29(34)31-23-12-5-2-6-13-23/h1,3-4,7-11,14-17,19,23,28,30H,2,5-6,12-13,18,20H2,(H,31,34)/t28-/m1/s1. The van der Waals surface area contributed by atoms with Gasteiger partial charge in [0, 0.05) is 29.7 Å². The minimum atomic E-state index is -0.843. The molecule has 1 saturated carbocycles. The van der Waals surface area contributed by atoms with Gasteiger partial charge in [0.1, 0.15) is 5.76 Å². The van der Waals surface area contributed by atoms with Crippen molar-refractivity contribution in [3.8, 4) is 0 Å². The van der Waals surface area contributed by atoms with Gasteiger partial charge in [0.25, 0.3) is 5.91 Å². The third-order valence-electron chi connectivity index (χ3n) is 6.86. The minimum absolute atomic E-state index is 0.126. The first-order valence-corrected chi connectivity index (χ1v) is 12.4. The number of aromatic amines is 1. The van der Waals surface area contributed by atoms with E-state index >= 15 is 0 Å². The lowest BCUT2D eigenvalue weighted by Gasteiger charge is -2.32. The van der Waals surface area contributed by atoms with Crippen LogP contribution in [0.3, 0.4) is 0 Å². The molecule has 6 heteroatoms. The van der Waals surface area contributed by atoms with Crippen LogP contribution in [0.2, 0.25) is 0 Å². The summed E-state index contributed by atoms with van der Waals surface area (Å²) in [5, 5.41) is 4.23. The van der Waals surface area contributed by atoms with Crippen molar-refractivity contribution in [2.24, 2.45) is 0 Å². The molecule has 0 bridgehead atoms. The number of H-pyrrole nitrogens is 1. The number of nitrogens with one attached hydrogen (secondary N) is 2. The Hall–Kier alpha value is -3.80. The summed E-state index contributed by atoms with van der Waals surface area (Å²) < 4.78 is 5.72. The van der Waals surface area contributed by atoms with Crippen molar-refractivity contribution < 1.29 is 14.0 Å². The fraction of sp³-hybridized carbons (Fsp3) is 0.310. The van der Waals surface area contributed by atoms with Crippen LogP contribution in [0.4, 0.5) is 0 Å². The van der Waals surface area contributed by atoms with Crippen LogP contribution in [0.25, 0.3) is 10.9 Å². The van der Waals surface area contributed by atoms with Crippen LogP contribution in [0.5, 0.6) is 0 Å². The third kappa shape index (κ3) is 5.32. The zero-order chi connectivity index (χ0) is 24.0. The summed E-state index contributed by atoms with van der Waals surface area (Å²) >= 11 is 0. The fourth-order valence-electron chi connectivity index (χ4n) is 5.04. The van der Waals surface area contributed by atoms with Crippen molar-refractivity contribution in [1.29, 1.82) is 0 Å². The second-order valence-corrected chi connectivity index (χ2v) is 9.30. The normalized spacial score (nSPS) is 15.1. The first-order chi connectivity index (χ1) is 17.2. The van der Waals surface area contributed by atoms with E-state index < -0.39 is 6.04 Å². The average Bonchev–Trinajstić information content (AvgIpc) is 3.56. The number of benzene rings is 2.